The van der Waals surface area contributed by atoms with Gasteiger partial charge in [0.2, 0.25) is 5.91 Å². The van der Waals surface area contributed by atoms with Gasteiger partial charge in [-0.05, 0) is 80.1 Å². The average molecular weight is 594 g/mol. The summed E-state index contributed by atoms with van der Waals surface area (Å²) in [6.07, 6.45) is -2.88. The van der Waals surface area contributed by atoms with Crippen molar-refractivity contribution in [3.05, 3.63) is 0 Å². The minimum Gasteiger partial charge on any atom is -0.481 e. The summed E-state index contributed by atoms with van der Waals surface area (Å²) in [6, 6.07) is 0. The Morgan fingerprint density at radius 2 is 0.951 bits per heavy atom. The SMILES string of the molecule is CC(C)(C)OC(=O)N1CCC(C(=O)N2CCC(C(F)(F)F)CC2)CC1.CC(C)(C)OC(=O)N1CCC(C(=O)O)CC1. The van der Waals surface area contributed by atoms with E-state index >= 15 is 0 Å². The van der Waals surface area contributed by atoms with Crippen LogP contribution < -0.4 is 0 Å². The molecular formula is C28H46F3N3O7. The molecule has 0 saturated carbocycles. The molecule has 0 aliphatic carbocycles. The highest BCUT2D eigenvalue weighted by molar-refractivity contribution is 5.79. The minimum atomic E-state index is -4.17. The van der Waals surface area contributed by atoms with Crippen LogP contribution in [0.5, 0.6) is 0 Å². The molecule has 13 heteroatoms. The van der Waals surface area contributed by atoms with Crippen LogP contribution in [0.3, 0.4) is 0 Å². The summed E-state index contributed by atoms with van der Waals surface area (Å²) < 4.78 is 48.7. The summed E-state index contributed by atoms with van der Waals surface area (Å²) >= 11 is 0. The predicted molar refractivity (Wildman–Crippen MR) is 144 cm³/mol. The number of hydrogen-bond donors (Lipinski definition) is 1. The van der Waals surface area contributed by atoms with E-state index in [4.69, 9.17) is 14.6 Å². The Balaban J connectivity index is 0.000000317. The Hall–Kier alpha value is -2.73. The van der Waals surface area contributed by atoms with Crippen molar-refractivity contribution in [3.8, 4) is 0 Å². The molecule has 3 rings (SSSR count). The van der Waals surface area contributed by atoms with Gasteiger partial charge in [0.1, 0.15) is 11.2 Å². The molecule has 3 aliphatic heterocycles. The number of nitrogens with zero attached hydrogens (tertiary/aromatic N) is 3. The van der Waals surface area contributed by atoms with E-state index in [1.54, 1.807) is 35.5 Å². The molecule has 0 aromatic carbocycles. The zero-order valence-electron chi connectivity index (χ0n) is 25.1. The summed E-state index contributed by atoms with van der Waals surface area (Å²) in [4.78, 5) is 51.6. The van der Waals surface area contributed by atoms with Crippen LogP contribution in [0.1, 0.15) is 80.1 Å². The molecule has 3 heterocycles. The van der Waals surface area contributed by atoms with Crippen LogP contribution >= 0.6 is 0 Å². The van der Waals surface area contributed by atoms with Crippen molar-refractivity contribution in [3.63, 3.8) is 0 Å². The number of aliphatic carboxylic acids is 1. The quantitative estimate of drug-likeness (QED) is 0.471. The Morgan fingerprint density at radius 1 is 0.610 bits per heavy atom. The number of carboxylic acid groups (broad SMARTS) is 1. The third-order valence-electron chi connectivity index (χ3n) is 7.26. The second-order valence-electron chi connectivity index (χ2n) is 13.0. The Morgan fingerprint density at radius 3 is 1.27 bits per heavy atom. The maximum Gasteiger partial charge on any atom is 0.410 e. The van der Waals surface area contributed by atoms with E-state index in [1.807, 2.05) is 20.8 Å². The van der Waals surface area contributed by atoms with Crippen LogP contribution in [0.2, 0.25) is 0 Å². The number of carbonyl (C=O) groups is 4. The van der Waals surface area contributed by atoms with Crippen molar-refractivity contribution in [2.45, 2.75) is 97.4 Å². The third kappa shape index (κ3) is 11.6. The van der Waals surface area contributed by atoms with Crippen molar-refractivity contribution >= 4 is 24.1 Å². The lowest BCUT2D eigenvalue weighted by Crippen LogP contribution is -2.48. The average Bonchev–Trinajstić information content (AvgIpc) is 2.86. The molecule has 0 spiro atoms. The number of carbonyl (C=O) groups excluding carboxylic acids is 3. The lowest BCUT2D eigenvalue weighted by Gasteiger charge is -2.37. The van der Waals surface area contributed by atoms with Crippen molar-refractivity contribution < 1.29 is 46.9 Å². The van der Waals surface area contributed by atoms with E-state index in [9.17, 15) is 32.3 Å². The van der Waals surface area contributed by atoms with E-state index in [1.165, 1.54) is 0 Å². The van der Waals surface area contributed by atoms with E-state index < -0.39 is 29.3 Å². The standard InChI is InChI=1S/C17H27F3N2O3.C11H19NO4/c1-16(2,3)25-15(24)22-8-4-12(5-9-22)14(23)21-10-6-13(7-11-21)17(18,19)20;1-11(2,3)16-10(15)12-6-4-8(5-7-12)9(13)14/h12-13H,4-11H2,1-3H3;8H,4-7H2,1-3H3,(H,13,14). The lowest BCUT2D eigenvalue weighted by molar-refractivity contribution is -0.187. The van der Waals surface area contributed by atoms with Gasteiger partial charge in [-0.15, -0.1) is 0 Å². The number of alkyl halides is 3. The van der Waals surface area contributed by atoms with Gasteiger partial charge < -0.3 is 29.3 Å². The molecule has 3 aliphatic rings. The molecule has 236 valence electrons. The molecule has 0 radical (unpaired) electrons. The van der Waals surface area contributed by atoms with Crippen LogP contribution in [0.15, 0.2) is 0 Å². The fraction of sp³-hybridized carbons (Fsp3) is 0.857. The number of rotatable bonds is 2. The molecule has 0 bridgehead atoms. The van der Waals surface area contributed by atoms with Gasteiger partial charge in [-0.25, -0.2) is 9.59 Å². The summed E-state index contributed by atoms with van der Waals surface area (Å²) in [7, 11) is 0. The molecule has 10 nitrogen and oxygen atoms in total. The number of likely N-dealkylation sites (tertiary alicyclic amines) is 3. The van der Waals surface area contributed by atoms with Crippen LogP contribution in [0.4, 0.5) is 22.8 Å². The Bertz CT molecular complexity index is 906. The first kappa shape index (κ1) is 34.5. The van der Waals surface area contributed by atoms with Gasteiger partial charge in [-0.3, -0.25) is 9.59 Å². The van der Waals surface area contributed by atoms with Crippen LogP contribution in [-0.4, -0.2) is 101 Å². The highest BCUT2D eigenvalue weighted by atomic mass is 19.4. The molecule has 3 amide bonds. The fourth-order valence-corrected chi connectivity index (χ4v) is 4.96. The Labute approximate surface area is 240 Å². The number of halogens is 3. The normalized spacial score (nSPS) is 20.2. The van der Waals surface area contributed by atoms with Gasteiger partial charge >= 0.3 is 24.3 Å². The zero-order valence-corrected chi connectivity index (χ0v) is 25.1. The first-order valence-electron chi connectivity index (χ1n) is 14.3. The molecule has 3 fully saturated rings. The summed E-state index contributed by atoms with van der Waals surface area (Å²) in [6.45, 7) is 13.0. The van der Waals surface area contributed by atoms with Gasteiger partial charge in [0.25, 0.3) is 0 Å². The number of hydrogen-bond acceptors (Lipinski definition) is 6. The van der Waals surface area contributed by atoms with E-state index in [0.29, 0.717) is 51.9 Å². The fourth-order valence-electron chi connectivity index (χ4n) is 4.96. The van der Waals surface area contributed by atoms with Gasteiger partial charge in [-0.2, -0.15) is 13.2 Å². The summed E-state index contributed by atoms with van der Waals surface area (Å²) in [5, 5.41) is 8.81. The van der Waals surface area contributed by atoms with Crippen molar-refractivity contribution in [1.82, 2.24) is 14.7 Å². The monoisotopic (exact) mass is 593 g/mol. The van der Waals surface area contributed by atoms with Gasteiger partial charge in [0.05, 0.1) is 11.8 Å². The number of amides is 3. The summed E-state index contributed by atoms with van der Waals surface area (Å²) in [5.41, 5.74) is -1.06. The molecule has 0 aromatic heterocycles. The van der Waals surface area contributed by atoms with Crippen LogP contribution in [-0.2, 0) is 19.1 Å². The summed E-state index contributed by atoms with van der Waals surface area (Å²) in [5.74, 6) is -2.70. The number of piperidine rings is 3. The lowest BCUT2D eigenvalue weighted by atomic mass is 9.92. The first-order valence-corrected chi connectivity index (χ1v) is 14.3. The van der Waals surface area contributed by atoms with Gasteiger partial charge in [0, 0.05) is 45.2 Å². The second kappa shape index (κ2) is 14.0. The topological polar surface area (TPSA) is 117 Å². The highest BCUT2D eigenvalue weighted by Crippen LogP contribution is 2.35. The molecular weight excluding hydrogens is 547 g/mol. The second-order valence-corrected chi connectivity index (χ2v) is 13.0. The molecule has 0 unspecified atom stereocenters. The molecule has 0 aromatic rings. The van der Waals surface area contributed by atoms with Gasteiger partial charge in [0.15, 0.2) is 0 Å². The molecule has 1 N–H and O–H groups in total. The minimum absolute atomic E-state index is 0.0218. The predicted octanol–water partition coefficient (Wildman–Crippen LogP) is 5.15. The van der Waals surface area contributed by atoms with E-state index in [0.717, 1.165) is 0 Å². The number of carboxylic acids is 1. The zero-order chi connectivity index (χ0) is 31.2. The number of ether oxygens (including phenoxy) is 2. The first-order chi connectivity index (χ1) is 18.8. The maximum atomic E-state index is 12.7. The third-order valence-corrected chi connectivity index (χ3v) is 7.26. The van der Waals surface area contributed by atoms with E-state index in [-0.39, 0.29) is 55.9 Å². The smallest absolute Gasteiger partial charge is 0.410 e. The van der Waals surface area contributed by atoms with Crippen molar-refractivity contribution in [2.24, 2.45) is 17.8 Å². The Kier molecular flexibility index (Phi) is 11.7. The largest absolute Gasteiger partial charge is 0.481 e. The van der Waals surface area contributed by atoms with Crippen molar-refractivity contribution in [2.75, 3.05) is 39.3 Å². The molecule has 3 saturated heterocycles. The van der Waals surface area contributed by atoms with Crippen molar-refractivity contribution in [1.29, 1.82) is 0 Å². The van der Waals surface area contributed by atoms with Gasteiger partial charge in [-0.1, -0.05) is 0 Å². The van der Waals surface area contributed by atoms with Crippen LogP contribution in [0.25, 0.3) is 0 Å². The molecule has 41 heavy (non-hydrogen) atoms. The highest BCUT2D eigenvalue weighted by Gasteiger charge is 2.42. The molecule has 0 atom stereocenters. The van der Waals surface area contributed by atoms with Crippen LogP contribution in [0, 0.1) is 17.8 Å². The maximum absolute atomic E-state index is 12.7. The van der Waals surface area contributed by atoms with E-state index in [2.05, 4.69) is 0 Å².